The van der Waals surface area contributed by atoms with Crippen LogP contribution in [0.25, 0.3) is 0 Å². The van der Waals surface area contributed by atoms with E-state index in [0.717, 1.165) is 31.9 Å². The van der Waals surface area contributed by atoms with Crippen LogP contribution in [-0.4, -0.2) is 55.6 Å². The minimum atomic E-state index is -1.04. The van der Waals surface area contributed by atoms with Crippen LogP contribution in [0.5, 0.6) is 0 Å². The quantitative estimate of drug-likeness (QED) is 0.740. The highest BCUT2D eigenvalue weighted by molar-refractivity contribution is 7.10. The van der Waals surface area contributed by atoms with Crippen molar-refractivity contribution < 1.29 is 9.53 Å². The van der Waals surface area contributed by atoms with Crippen molar-refractivity contribution in [3.05, 3.63) is 58.3 Å². The summed E-state index contributed by atoms with van der Waals surface area (Å²) < 4.78 is 5.49. The smallest absolute Gasteiger partial charge is 0.246 e. The molecule has 2 atom stereocenters. The van der Waals surface area contributed by atoms with Gasteiger partial charge in [0.2, 0.25) is 5.91 Å². The van der Waals surface area contributed by atoms with E-state index in [1.165, 1.54) is 4.88 Å². The summed E-state index contributed by atoms with van der Waals surface area (Å²) in [5.41, 5.74) is 6.22. The van der Waals surface area contributed by atoms with E-state index >= 15 is 0 Å². The lowest BCUT2D eigenvalue weighted by Gasteiger charge is -2.38. The zero-order valence-electron chi connectivity index (χ0n) is 16.2. The molecule has 0 saturated carbocycles. The standard InChI is InChI=1S/C20H27N3O2S.2ClH/c1-20(21,16-7-4-3-5-8-16)19(24)22(2)15-17(18-9-6-14-26-18)23-10-12-25-13-11-23;;/h3-9,14,17H,10-13,15,21H2,1-2H3;2*1H. The molecule has 2 N–H and O–H groups in total. The molecule has 0 spiro atoms. The molecule has 1 fully saturated rings. The molecular formula is C20H29Cl2N3O2S. The third kappa shape index (κ3) is 5.69. The van der Waals surface area contributed by atoms with Crippen molar-refractivity contribution in [2.45, 2.75) is 18.5 Å². The third-order valence-corrected chi connectivity index (χ3v) is 5.94. The Hall–Kier alpha value is -1.15. The molecule has 0 radical (unpaired) electrons. The Balaban J connectivity index is 0.00000196. The van der Waals surface area contributed by atoms with E-state index in [1.807, 2.05) is 37.4 Å². The van der Waals surface area contributed by atoms with Crippen LogP contribution in [0.3, 0.4) is 0 Å². The molecule has 3 rings (SSSR count). The summed E-state index contributed by atoms with van der Waals surface area (Å²) >= 11 is 1.73. The molecule has 156 valence electrons. The summed E-state index contributed by atoms with van der Waals surface area (Å²) in [4.78, 5) is 18.6. The minimum Gasteiger partial charge on any atom is -0.379 e. The predicted octanol–water partition coefficient (Wildman–Crippen LogP) is 3.30. The summed E-state index contributed by atoms with van der Waals surface area (Å²) in [5, 5.41) is 2.08. The van der Waals surface area contributed by atoms with E-state index in [9.17, 15) is 4.79 Å². The largest absolute Gasteiger partial charge is 0.379 e. The highest BCUT2D eigenvalue weighted by atomic mass is 35.5. The van der Waals surface area contributed by atoms with Crippen LogP contribution in [0.15, 0.2) is 47.8 Å². The summed E-state index contributed by atoms with van der Waals surface area (Å²) in [6.45, 7) is 5.62. The first-order chi connectivity index (χ1) is 12.5. The van der Waals surface area contributed by atoms with E-state index in [2.05, 4.69) is 22.4 Å². The van der Waals surface area contributed by atoms with Crippen molar-refractivity contribution >= 4 is 42.1 Å². The second kappa shape index (κ2) is 11.1. The van der Waals surface area contributed by atoms with Gasteiger partial charge in [-0.2, -0.15) is 0 Å². The van der Waals surface area contributed by atoms with E-state index in [1.54, 1.807) is 23.2 Å². The number of rotatable bonds is 6. The number of ether oxygens (including phenoxy) is 1. The van der Waals surface area contributed by atoms with Gasteiger partial charge in [0.1, 0.15) is 5.54 Å². The summed E-state index contributed by atoms with van der Waals surface area (Å²) in [6, 6.07) is 13.9. The maximum absolute atomic E-state index is 13.1. The average Bonchev–Trinajstić information content (AvgIpc) is 3.21. The number of hydrogen-bond donors (Lipinski definition) is 1. The van der Waals surface area contributed by atoms with Crippen LogP contribution in [0, 0.1) is 0 Å². The molecule has 0 aliphatic carbocycles. The maximum atomic E-state index is 13.1. The minimum absolute atomic E-state index is 0. The van der Waals surface area contributed by atoms with Crippen LogP contribution in [0.1, 0.15) is 23.4 Å². The highest BCUT2D eigenvalue weighted by Gasteiger charge is 2.35. The molecule has 1 saturated heterocycles. The van der Waals surface area contributed by atoms with Gasteiger partial charge in [-0.25, -0.2) is 0 Å². The zero-order valence-corrected chi connectivity index (χ0v) is 18.7. The van der Waals surface area contributed by atoms with Crippen molar-refractivity contribution in [1.29, 1.82) is 0 Å². The number of carbonyl (C=O) groups excluding carboxylic acids is 1. The van der Waals surface area contributed by atoms with Gasteiger partial charge in [0, 0.05) is 31.6 Å². The van der Waals surface area contributed by atoms with Crippen molar-refractivity contribution in [2.75, 3.05) is 39.9 Å². The van der Waals surface area contributed by atoms with Gasteiger partial charge < -0.3 is 15.4 Å². The van der Waals surface area contributed by atoms with Crippen LogP contribution < -0.4 is 5.73 Å². The van der Waals surface area contributed by atoms with E-state index in [4.69, 9.17) is 10.5 Å². The molecule has 1 aromatic carbocycles. The van der Waals surface area contributed by atoms with Crippen LogP contribution >= 0.6 is 36.2 Å². The number of thiophene rings is 1. The second-order valence-electron chi connectivity index (χ2n) is 6.93. The van der Waals surface area contributed by atoms with Crippen LogP contribution in [0.2, 0.25) is 0 Å². The van der Waals surface area contributed by atoms with Crippen molar-refractivity contribution in [2.24, 2.45) is 5.73 Å². The number of morpholine rings is 1. The number of amides is 1. The van der Waals surface area contributed by atoms with E-state index < -0.39 is 5.54 Å². The Morgan fingerprint density at radius 2 is 1.86 bits per heavy atom. The molecule has 2 unspecified atom stereocenters. The van der Waals surface area contributed by atoms with Crippen molar-refractivity contribution in [3.63, 3.8) is 0 Å². The number of halogens is 2. The van der Waals surface area contributed by atoms with Gasteiger partial charge in [-0.05, 0) is 23.9 Å². The van der Waals surface area contributed by atoms with Crippen LogP contribution in [-0.2, 0) is 15.1 Å². The lowest BCUT2D eigenvalue weighted by molar-refractivity contribution is -0.136. The fraction of sp³-hybridized carbons (Fsp3) is 0.450. The number of nitrogens with zero attached hydrogens (tertiary/aromatic N) is 2. The lowest BCUT2D eigenvalue weighted by Crippen LogP contribution is -2.52. The van der Waals surface area contributed by atoms with Gasteiger partial charge in [-0.1, -0.05) is 36.4 Å². The lowest BCUT2D eigenvalue weighted by atomic mass is 9.91. The van der Waals surface area contributed by atoms with Gasteiger partial charge in [-0.3, -0.25) is 9.69 Å². The SMILES string of the molecule is CN(CC(c1cccs1)N1CCOCC1)C(=O)C(C)(N)c1ccccc1.Cl.Cl. The van der Waals surface area contributed by atoms with Gasteiger partial charge in [0.15, 0.2) is 0 Å². The predicted molar refractivity (Wildman–Crippen MR) is 120 cm³/mol. The molecular weight excluding hydrogens is 417 g/mol. The van der Waals surface area contributed by atoms with E-state index in [-0.39, 0.29) is 36.8 Å². The number of benzene rings is 1. The second-order valence-corrected chi connectivity index (χ2v) is 7.91. The van der Waals surface area contributed by atoms with Gasteiger partial charge in [0.05, 0.1) is 19.3 Å². The van der Waals surface area contributed by atoms with Crippen molar-refractivity contribution in [3.8, 4) is 0 Å². The number of hydrogen-bond acceptors (Lipinski definition) is 5. The Kier molecular flexibility index (Phi) is 9.90. The Morgan fingerprint density at radius 1 is 1.21 bits per heavy atom. The topological polar surface area (TPSA) is 58.8 Å². The molecule has 0 bridgehead atoms. The van der Waals surface area contributed by atoms with Crippen LogP contribution in [0.4, 0.5) is 0 Å². The molecule has 1 aliphatic heterocycles. The third-order valence-electron chi connectivity index (χ3n) is 4.97. The number of likely N-dealkylation sites (N-methyl/N-ethyl adjacent to an activating group) is 1. The first-order valence-electron chi connectivity index (χ1n) is 8.95. The molecule has 2 heterocycles. The van der Waals surface area contributed by atoms with Gasteiger partial charge >= 0.3 is 0 Å². The fourth-order valence-corrected chi connectivity index (χ4v) is 4.25. The highest BCUT2D eigenvalue weighted by Crippen LogP contribution is 2.28. The Morgan fingerprint density at radius 3 is 2.43 bits per heavy atom. The Labute approximate surface area is 183 Å². The molecule has 1 amide bonds. The zero-order chi connectivity index (χ0) is 18.6. The Bertz CT molecular complexity index is 708. The maximum Gasteiger partial charge on any atom is 0.246 e. The molecule has 28 heavy (non-hydrogen) atoms. The molecule has 1 aliphatic rings. The van der Waals surface area contributed by atoms with Crippen molar-refractivity contribution in [1.82, 2.24) is 9.80 Å². The summed E-state index contributed by atoms with van der Waals surface area (Å²) in [6.07, 6.45) is 0. The van der Waals surface area contributed by atoms with E-state index in [0.29, 0.717) is 6.54 Å². The number of carbonyl (C=O) groups is 1. The molecule has 1 aromatic heterocycles. The first-order valence-corrected chi connectivity index (χ1v) is 9.83. The molecule has 2 aromatic rings. The first kappa shape index (κ1) is 24.9. The summed E-state index contributed by atoms with van der Waals surface area (Å²) in [5.74, 6) is -0.0708. The summed E-state index contributed by atoms with van der Waals surface area (Å²) in [7, 11) is 1.84. The number of nitrogens with two attached hydrogens (primary N) is 1. The average molecular weight is 446 g/mol. The molecule has 5 nitrogen and oxygen atoms in total. The monoisotopic (exact) mass is 445 g/mol. The van der Waals surface area contributed by atoms with Gasteiger partial charge in [-0.15, -0.1) is 36.2 Å². The molecule has 8 heteroatoms. The normalized spacial score (nSPS) is 17.5. The van der Waals surface area contributed by atoms with Gasteiger partial charge in [0.25, 0.3) is 0 Å². The fourth-order valence-electron chi connectivity index (χ4n) is 3.40.